The SMILES string of the molecule is C=C(Nc1ccc(OC)c(S(C)(=O)(O)Nc2c(C)cccc2Cl)c1)c1nnc(-c2ccccc2)o1. The summed E-state index contributed by atoms with van der Waals surface area (Å²) in [5, 5.41) is 11.5. The lowest BCUT2D eigenvalue weighted by Crippen LogP contribution is -2.40. The van der Waals surface area contributed by atoms with Gasteiger partial charge in [-0.25, -0.2) is 0 Å². The minimum Gasteiger partial charge on any atom is -0.495 e. The van der Waals surface area contributed by atoms with Gasteiger partial charge < -0.3 is 14.5 Å². The van der Waals surface area contributed by atoms with Gasteiger partial charge in [-0.05, 0) is 48.9 Å². The first-order valence-electron chi connectivity index (χ1n) is 10.5. The fourth-order valence-corrected chi connectivity index (χ4v) is 5.67. The van der Waals surface area contributed by atoms with Crippen LogP contribution in [0.4, 0.5) is 11.4 Å². The number of aromatic nitrogens is 2. The van der Waals surface area contributed by atoms with Gasteiger partial charge in [-0.2, -0.15) is 4.21 Å². The Morgan fingerprint density at radius 1 is 1.11 bits per heavy atom. The zero-order valence-electron chi connectivity index (χ0n) is 19.4. The highest BCUT2D eigenvalue weighted by atomic mass is 35.5. The van der Waals surface area contributed by atoms with Crippen molar-refractivity contribution < 1.29 is 17.9 Å². The van der Waals surface area contributed by atoms with Crippen molar-refractivity contribution >= 4 is 38.2 Å². The Labute approximate surface area is 208 Å². The average molecular weight is 513 g/mol. The van der Waals surface area contributed by atoms with E-state index in [0.29, 0.717) is 28.0 Å². The van der Waals surface area contributed by atoms with Crippen molar-refractivity contribution in [1.82, 2.24) is 10.2 Å². The Morgan fingerprint density at radius 2 is 1.86 bits per heavy atom. The summed E-state index contributed by atoms with van der Waals surface area (Å²) in [6, 6.07) is 19.3. The Morgan fingerprint density at radius 3 is 2.54 bits per heavy atom. The lowest BCUT2D eigenvalue weighted by Gasteiger charge is -2.42. The van der Waals surface area contributed by atoms with Crippen LogP contribution in [0.2, 0.25) is 5.02 Å². The average Bonchev–Trinajstić information content (AvgIpc) is 3.33. The van der Waals surface area contributed by atoms with E-state index < -0.39 is 9.53 Å². The van der Waals surface area contributed by atoms with Gasteiger partial charge in [-0.3, -0.25) is 9.27 Å². The molecule has 182 valence electrons. The van der Waals surface area contributed by atoms with E-state index in [0.717, 1.165) is 11.1 Å². The van der Waals surface area contributed by atoms with Gasteiger partial charge in [0.15, 0.2) is 0 Å². The molecular weight excluding hydrogens is 488 g/mol. The quantitative estimate of drug-likeness (QED) is 0.261. The molecule has 0 aliphatic heterocycles. The third-order valence-electron chi connectivity index (χ3n) is 5.25. The second kappa shape index (κ2) is 9.18. The molecule has 4 rings (SSSR count). The van der Waals surface area contributed by atoms with Crippen LogP contribution in [0.1, 0.15) is 11.5 Å². The smallest absolute Gasteiger partial charge is 0.263 e. The molecule has 0 fully saturated rings. The Balaban J connectivity index is 1.64. The molecule has 0 aliphatic rings. The molecule has 0 bridgehead atoms. The summed E-state index contributed by atoms with van der Waals surface area (Å²) in [7, 11) is -3.25. The van der Waals surface area contributed by atoms with E-state index in [-0.39, 0.29) is 16.5 Å². The summed E-state index contributed by atoms with van der Waals surface area (Å²) in [5.41, 5.74) is 2.65. The zero-order valence-corrected chi connectivity index (χ0v) is 21.0. The van der Waals surface area contributed by atoms with Gasteiger partial charge in [-0.1, -0.05) is 48.5 Å². The number of halogens is 1. The molecule has 0 spiro atoms. The highest BCUT2D eigenvalue weighted by molar-refractivity contribution is 8.15. The maximum absolute atomic E-state index is 13.9. The second-order valence-electron chi connectivity index (χ2n) is 8.06. The number of ether oxygens (including phenoxy) is 1. The van der Waals surface area contributed by atoms with Crippen LogP contribution >= 0.6 is 11.6 Å². The zero-order chi connectivity index (χ0) is 25.2. The van der Waals surface area contributed by atoms with E-state index in [1.807, 2.05) is 30.3 Å². The van der Waals surface area contributed by atoms with Crippen LogP contribution in [0.5, 0.6) is 5.75 Å². The van der Waals surface area contributed by atoms with E-state index in [2.05, 4.69) is 26.8 Å². The van der Waals surface area contributed by atoms with Gasteiger partial charge in [0.25, 0.3) is 5.89 Å². The number of hydrogen-bond donors (Lipinski definition) is 3. The molecule has 0 radical (unpaired) electrons. The van der Waals surface area contributed by atoms with Gasteiger partial charge in [-0.15, -0.1) is 19.7 Å². The molecular formula is C25H25ClN4O4S. The van der Waals surface area contributed by atoms with E-state index >= 15 is 0 Å². The molecule has 1 aromatic heterocycles. The second-order valence-corrected chi connectivity index (χ2v) is 11.7. The van der Waals surface area contributed by atoms with Crippen molar-refractivity contribution in [1.29, 1.82) is 0 Å². The van der Waals surface area contributed by atoms with Gasteiger partial charge in [0.2, 0.25) is 5.89 Å². The molecule has 0 amide bonds. The molecule has 0 aliphatic carbocycles. The van der Waals surface area contributed by atoms with E-state index in [9.17, 15) is 8.76 Å². The summed E-state index contributed by atoms with van der Waals surface area (Å²) in [4.78, 5) is 0.0390. The molecule has 0 saturated carbocycles. The Bertz CT molecular complexity index is 1440. The normalized spacial score (nSPS) is 12.4. The lowest BCUT2D eigenvalue weighted by atomic mass is 10.2. The number of para-hydroxylation sites is 1. The van der Waals surface area contributed by atoms with Crippen molar-refractivity contribution in [3.63, 3.8) is 0 Å². The standard InChI is InChI=1S/C25H25ClN4O4S/c1-16-9-8-12-20(26)23(16)30-35(4,31,32)22-15-19(13-14-21(22)33-3)27-17(2)24-28-29-25(34-24)18-10-6-5-7-11-18/h5-15,27H,2H2,1,3-4H3,(H2,30,31,32). The third kappa shape index (κ3) is 5.22. The highest BCUT2D eigenvalue weighted by Crippen LogP contribution is 2.41. The first-order chi connectivity index (χ1) is 16.6. The number of nitrogens with zero attached hydrogens (tertiary/aromatic N) is 2. The minimum absolute atomic E-state index is 0.0390. The Hall–Kier alpha value is -3.66. The lowest BCUT2D eigenvalue weighted by molar-refractivity contribution is 0.400. The van der Waals surface area contributed by atoms with Crippen LogP contribution in [-0.4, -0.2) is 32.3 Å². The number of hydrogen-bond acceptors (Lipinski definition) is 6. The van der Waals surface area contributed by atoms with Gasteiger partial charge in [0.1, 0.15) is 10.6 Å². The van der Waals surface area contributed by atoms with Gasteiger partial charge in [0, 0.05) is 17.5 Å². The topological polar surface area (TPSA) is 110 Å². The molecule has 10 heteroatoms. The molecule has 0 unspecified atom stereocenters. The van der Waals surface area contributed by atoms with Crippen molar-refractivity contribution in [3.8, 4) is 17.2 Å². The van der Waals surface area contributed by atoms with E-state index in [1.165, 1.54) is 19.4 Å². The molecule has 3 N–H and O–H groups in total. The summed E-state index contributed by atoms with van der Waals surface area (Å²) in [6.45, 7) is 5.76. The van der Waals surface area contributed by atoms with Crippen LogP contribution < -0.4 is 14.8 Å². The van der Waals surface area contributed by atoms with Crippen LogP contribution in [0.3, 0.4) is 0 Å². The molecule has 3 aromatic carbocycles. The predicted octanol–water partition coefficient (Wildman–Crippen LogP) is 6.10. The fourth-order valence-electron chi connectivity index (χ4n) is 3.46. The first kappa shape index (κ1) is 24.5. The summed E-state index contributed by atoms with van der Waals surface area (Å²) in [5.74, 6) is 0.763. The highest BCUT2D eigenvalue weighted by Gasteiger charge is 2.30. The molecule has 0 saturated heterocycles. The van der Waals surface area contributed by atoms with Crippen molar-refractivity contribution in [3.05, 3.63) is 89.8 Å². The fraction of sp³-hybridized carbons (Fsp3) is 0.120. The summed E-state index contributed by atoms with van der Waals surface area (Å²) >= 11 is 6.30. The van der Waals surface area contributed by atoms with Gasteiger partial charge >= 0.3 is 0 Å². The number of rotatable bonds is 8. The van der Waals surface area contributed by atoms with Gasteiger partial charge in [0.05, 0.1) is 23.5 Å². The number of anilines is 2. The number of nitrogens with one attached hydrogen (secondary N) is 2. The predicted molar refractivity (Wildman–Crippen MR) is 140 cm³/mol. The van der Waals surface area contributed by atoms with Crippen molar-refractivity contribution in [2.45, 2.75) is 11.8 Å². The van der Waals surface area contributed by atoms with Crippen LogP contribution in [-0.2, 0) is 9.53 Å². The molecule has 35 heavy (non-hydrogen) atoms. The minimum atomic E-state index is -4.68. The molecule has 0 atom stereocenters. The molecule has 4 aromatic rings. The monoisotopic (exact) mass is 512 g/mol. The number of methoxy groups -OCH3 is 1. The summed E-state index contributed by atoms with van der Waals surface area (Å²) in [6.07, 6.45) is 1.21. The third-order valence-corrected chi connectivity index (χ3v) is 7.60. The molecule has 8 nitrogen and oxygen atoms in total. The maximum Gasteiger partial charge on any atom is 0.263 e. The van der Waals surface area contributed by atoms with Crippen LogP contribution in [0.25, 0.3) is 17.2 Å². The first-order valence-corrected chi connectivity index (χ1v) is 13.2. The van der Waals surface area contributed by atoms with Crippen molar-refractivity contribution in [2.24, 2.45) is 0 Å². The number of benzene rings is 3. The largest absolute Gasteiger partial charge is 0.495 e. The summed E-state index contributed by atoms with van der Waals surface area (Å²) < 4.78 is 39.2. The van der Waals surface area contributed by atoms with Crippen molar-refractivity contribution in [2.75, 3.05) is 23.4 Å². The van der Waals surface area contributed by atoms with Crippen LogP contribution in [0, 0.1) is 6.92 Å². The van der Waals surface area contributed by atoms with E-state index in [1.54, 1.807) is 37.3 Å². The Kier molecular flexibility index (Phi) is 6.42. The molecule has 1 heterocycles. The van der Waals surface area contributed by atoms with E-state index in [4.69, 9.17) is 20.8 Å². The number of aryl methyl sites for hydroxylation is 1. The maximum atomic E-state index is 13.9. The van der Waals surface area contributed by atoms with Crippen LogP contribution in [0.15, 0.2) is 82.6 Å².